The maximum Gasteiger partial charge on any atom is 0.343 e. The molecule has 6 nitrogen and oxygen atoms in total. The van der Waals surface area contributed by atoms with Crippen LogP contribution in [0.15, 0.2) is 47.4 Å². The van der Waals surface area contributed by atoms with Gasteiger partial charge in [-0.25, -0.2) is 4.79 Å². The van der Waals surface area contributed by atoms with Gasteiger partial charge >= 0.3 is 5.97 Å². The number of hydrogen-bond donors (Lipinski definition) is 0. The third kappa shape index (κ3) is 5.94. The van der Waals surface area contributed by atoms with Crippen LogP contribution in [0, 0.1) is 0 Å². The highest BCUT2D eigenvalue weighted by atomic mass is 32.2. The van der Waals surface area contributed by atoms with Crippen molar-refractivity contribution < 1.29 is 23.8 Å². The van der Waals surface area contributed by atoms with E-state index in [1.54, 1.807) is 41.3 Å². The molecule has 2 fully saturated rings. The summed E-state index contributed by atoms with van der Waals surface area (Å²) in [6, 6.07) is 12.6. The summed E-state index contributed by atoms with van der Waals surface area (Å²) < 4.78 is 17.2. The highest BCUT2D eigenvalue weighted by Gasteiger charge is 2.34. The van der Waals surface area contributed by atoms with E-state index in [0.29, 0.717) is 32.8 Å². The molecule has 2 saturated heterocycles. The SMILES string of the molecule is COc1cc(/C=C2/SC(=S)N(C[C@@H]3CCCO3)C2=O)ccc1OC(=O)c1ccc(C(C)(C)C)cc1. The van der Waals surface area contributed by atoms with Gasteiger partial charge in [-0.1, -0.05) is 63.0 Å². The summed E-state index contributed by atoms with van der Waals surface area (Å²) in [6.07, 6.45) is 3.76. The highest BCUT2D eigenvalue weighted by molar-refractivity contribution is 8.26. The Hall–Kier alpha value is -2.68. The monoisotopic (exact) mass is 511 g/mol. The summed E-state index contributed by atoms with van der Waals surface area (Å²) in [6.45, 7) is 7.57. The zero-order chi connectivity index (χ0) is 25.2. The van der Waals surface area contributed by atoms with E-state index >= 15 is 0 Å². The van der Waals surface area contributed by atoms with Gasteiger partial charge in [0.25, 0.3) is 5.91 Å². The van der Waals surface area contributed by atoms with Crippen LogP contribution in [0.25, 0.3) is 6.08 Å². The molecule has 0 radical (unpaired) electrons. The van der Waals surface area contributed by atoms with Crippen molar-refractivity contribution >= 4 is 46.3 Å². The summed E-state index contributed by atoms with van der Waals surface area (Å²) in [5.74, 6) is 0.115. The van der Waals surface area contributed by atoms with E-state index in [1.165, 1.54) is 18.9 Å². The second-order valence-electron chi connectivity index (χ2n) is 9.55. The Bertz CT molecular complexity index is 1160. The first-order valence-corrected chi connectivity index (χ1v) is 12.8. The van der Waals surface area contributed by atoms with E-state index in [4.69, 9.17) is 26.4 Å². The average molecular weight is 512 g/mol. The Morgan fingerprint density at radius 1 is 1.20 bits per heavy atom. The smallest absolute Gasteiger partial charge is 0.343 e. The molecule has 8 heteroatoms. The van der Waals surface area contributed by atoms with Crippen LogP contribution in [0.4, 0.5) is 0 Å². The topological polar surface area (TPSA) is 65.1 Å². The number of ether oxygens (including phenoxy) is 3. The molecule has 2 heterocycles. The maximum absolute atomic E-state index is 12.9. The lowest BCUT2D eigenvalue weighted by Gasteiger charge is -2.19. The summed E-state index contributed by atoms with van der Waals surface area (Å²) in [7, 11) is 1.51. The fourth-order valence-electron chi connectivity index (χ4n) is 3.92. The van der Waals surface area contributed by atoms with Gasteiger partial charge in [0.1, 0.15) is 4.32 Å². The lowest BCUT2D eigenvalue weighted by Crippen LogP contribution is -2.35. The van der Waals surface area contributed by atoms with Crippen LogP contribution in [0.2, 0.25) is 0 Å². The zero-order valence-electron chi connectivity index (χ0n) is 20.3. The third-order valence-corrected chi connectivity index (χ3v) is 7.34. The Balaban J connectivity index is 1.47. The number of rotatable bonds is 6. The molecule has 0 bridgehead atoms. The van der Waals surface area contributed by atoms with Crippen molar-refractivity contribution in [2.45, 2.75) is 45.1 Å². The normalized spacial score (nSPS) is 19.5. The number of amides is 1. The molecule has 0 saturated carbocycles. The fraction of sp³-hybridized carbons (Fsp3) is 0.370. The van der Waals surface area contributed by atoms with Crippen molar-refractivity contribution in [2.24, 2.45) is 0 Å². The number of carbonyl (C=O) groups excluding carboxylic acids is 2. The van der Waals surface area contributed by atoms with Crippen LogP contribution in [0.3, 0.4) is 0 Å². The second kappa shape index (κ2) is 10.5. The van der Waals surface area contributed by atoms with Gasteiger partial charge in [0.15, 0.2) is 11.5 Å². The van der Waals surface area contributed by atoms with Crippen molar-refractivity contribution in [1.82, 2.24) is 4.90 Å². The minimum absolute atomic E-state index is 0.0000323. The molecule has 0 aliphatic carbocycles. The molecular formula is C27H29NO5S2. The number of thiocarbonyl (C=S) groups is 1. The predicted molar refractivity (Wildman–Crippen MR) is 142 cm³/mol. The molecule has 0 unspecified atom stereocenters. The first-order valence-electron chi connectivity index (χ1n) is 11.5. The van der Waals surface area contributed by atoms with E-state index in [-0.39, 0.29) is 17.4 Å². The third-order valence-electron chi connectivity index (χ3n) is 5.96. The molecule has 1 amide bonds. The van der Waals surface area contributed by atoms with Crippen molar-refractivity contribution in [2.75, 3.05) is 20.3 Å². The molecule has 0 aromatic heterocycles. The highest BCUT2D eigenvalue weighted by Crippen LogP contribution is 2.35. The average Bonchev–Trinajstić information content (AvgIpc) is 3.43. The summed E-state index contributed by atoms with van der Waals surface area (Å²) in [5, 5.41) is 0. The second-order valence-corrected chi connectivity index (χ2v) is 11.2. The molecule has 2 aliphatic rings. The van der Waals surface area contributed by atoms with Gasteiger partial charge in [0.05, 0.1) is 30.2 Å². The van der Waals surface area contributed by atoms with Crippen LogP contribution in [0.5, 0.6) is 11.5 Å². The van der Waals surface area contributed by atoms with E-state index in [0.717, 1.165) is 30.6 Å². The molecule has 2 aromatic rings. The molecule has 184 valence electrons. The number of carbonyl (C=O) groups is 2. The summed E-state index contributed by atoms with van der Waals surface area (Å²) in [5.41, 5.74) is 2.34. The number of benzene rings is 2. The van der Waals surface area contributed by atoms with Crippen LogP contribution in [-0.4, -0.2) is 47.5 Å². The van der Waals surface area contributed by atoms with Crippen molar-refractivity contribution in [1.29, 1.82) is 0 Å². The molecule has 2 aromatic carbocycles. The molecular weight excluding hydrogens is 482 g/mol. The first-order chi connectivity index (χ1) is 16.7. The fourth-order valence-corrected chi connectivity index (χ4v) is 5.20. The van der Waals surface area contributed by atoms with Crippen molar-refractivity contribution in [3.8, 4) is 11.5 Å². The van der Waals surface area contributed by atoms with Crippen molar-refractivity contribution in [3.05, 3.63) is 64.1 Å². The van der Waals surface area contributed by atoms with Crippen LogP contribution < -0.4 is 9.47 Å². The molecule has 0 N–H and O–H groups in total. The van der Waals surface area contributed by atoms with Gasteiger partial charge in [0.2, 0.25) is 0 Å². The Morgan fingerprint density at radius 3 is 2.57 bits per heavy atom. The molecule has 0 spiro atoms. The van der Waals surface area contributed by atoms with Crippen LogP contribution in [-0.2, 0) is 14.9 Å². The van der Waals surface area contributed by atoms with Gasteiger partial charge in [0, 0.05) is 6.61 Å². The Morgan fingerprint density at radius 2 is 1.94 bits per heavy atom. The quantitative estimate of drug-likeness (QED) is 0.217. The number of methoxy groups -OCH3 is 1. The predicted octanol–water partition coefficient (Wildman–Crippen LogP) is 5.59. The number of esters is 1. The van der Waals surface area contributed by atoms with Gasteiger partial charge in [-0.2, -0.15) is 0 Å². The standard InChI is InChI=1S/C27H29NO5S2/c1-27(2,3)19-10-8-18(9-11-19)25(30)33-21-12-7-17(14-22(21)31-4)15-23-24(29)28(26(34)35-23)16-20-6-5-13-32-20/h7-12,14-15,20H,5-6,13,16H2,1-4H3/b23-15+/t20-/m0/s1. The minimum atomic E-state index is -0.466. The lowest BCUT2D eigenvalue weighted by molar-refractivity contribution is -0.123. The van der Waals surface area contributed by atoms with Crippen LogP contribution >= 0.6 is 24.0 Å². The molecule has 35 heavy (non-hydrogen) atoms. The minimum Gasteiger partial charge on any atom is -0.493 e. The largest absolute Gasteiger partial charge is 0.493 e. The molecule has 2 aliphatic heterocycles. The number of hydrogen-bond acceptors (Lipinski definition) is 7. The maximum atomic E-state index is 12.9. The van der Waals surface area contributed by atoms with Gasteiger partial charge in [-0.05, 0) is 59.7 Å². The van der Waals surface area contributed by atoms with E-state index in [2.05, 4.69) is 20.8 Å². The lowest BCUT2D eigenvalue weighted by atomic mass is 9.87. The number of nitrogens with zero attached hydrogens (tertiary/aromatic N) is 1. The first kappa shape index (κ1) is 25.4. The van der Waals surface area contributed by atoms with E-state index < -0.39 is 5.97 Å². The Labute approximate surface area is 215 Å². The summed E-state index contributed by atoms with van der Waals surface area (Å²) in [4.78, 5) is 27.8. The molecule has 4 rings (SSSR count). The Kier molecular flexibility index (Phi) is 7.64. The van der Waals surface area contributed by atoms with Gasteiger partial charge in [-0.15, -0.1) is 0 Å². The van der Waals surface area contributed by atoms with Gasteiger partial charge in [-0.3, -0.25) is 9.69 Å². The van der Waals surface area contributed by atoms with Crippen LogP contribution in [0.1, 0.15) is 55.1 Å². The van der Waals surface area contributed by atoms with Crippen molar-refractivity contribution in [3.63, 3.8) is 0 Å². The zero-order valence-corrected chi connectivity index (χ0v) is 22.0. The van der Waals surface area contributed by atoms with Gasteiger partial charge < -0.3 is 14.2 Å². The van der Waals surface area contributed by atoms with E-state index in [9.17, 15) is 9.59 Å². The summed E-state index contributed by atoms with van der Waals surface area (Å²) >= 11 is 6.70. The van der Waals surface area contributed by atoms with E-state index in [1.807, 2.05) is 12.1 Å². The molecule has 1 atom stereocenters. The number of thioether (sulfide) groups is 1.